The van der Waals surface area contributed by atoms with E-state index >= 15 is 0 Å². The molecule has 0 saturated carbocycles. The van der Waals surface area contributed by atoms with Gasteiger partial charge < -0.3 is 4.74 Å². The van der Waals surface area contributed by atoms with Crippen molar-refractivity contribution in [2.45, 2.75) is 26.9 Å². The van der Waals surface area contributed by atoms with Crippen molar-refractivity contribution in [2.24, 2.45) is 5.41 Å². The summed E-state index contributed by atoms with van der Waals surface area (Å²) in [5.41, 5.74) is -0.552. The Kier molecular flexibility index (Phi) is 4.09. The first kappa shape index (κ1) is 14.5. The molecule has 0 amide bonds. The SMILES string of the molecule is CC(C)(C)C(=O)C(Oc1ccc(Cl)cc1)c1ncn[nH]1. The number of rotatable bonds is 4. The van der Waals surface area contributed by atoms with Gasteiger partial charge in [0.2, 0.25) is 6.10 Å². The summed E-state index contributed by atoms with van der Waals surface area (Å²) in [5.74, 6) is 0.859. The van der Waals surface area contributed by atoms with Crippen LogP contribution in [-0.4, -0.2) is 21.0 Å². The molecule has 0 radical (unpaired) electrons. The van der Waals surface area contributed by atoms with Crippen LogP contribution in [0.15, 0.2) is 30.6 Å². The van der Waals surface area contributed by atoms with Crippen molar-refractivity contribution in [3.63, 3.8) is 0 Å². The van der Waals surface area contributed by atoms with Gasteiger partial charge in [-0.1, -0.05) is 32.4 Å². The van der Waals surface area contributed by atoms with Gasteiger partial charge in [-0.2, -0.15) is 5.10 Å². The molecule has 0 fully saturated rings. The fraction of sp³-hybridized carbons (Fsp3) is 0.357. The Balaban J connectivity index is 2.28. The van der Waals surface area contributed by atoms with E-state index in [1.165, 1.54) is 6.33 Å². The zero-order chi connectivity index (χ0) is 14.8. The van der Waals surface area contributed by atoms with E-state index in [-0.39, 0.29) is 5.78 Å². The Morgan fingerprint density at radius 2 is 1.95 bits per heavy atom. The molecule has 1 N–H and O–H groups in total. The number of carbonyl (C=O) groups is 1. The Morgan fingerprint density at radius 1 is 1.30 bits per heavy atom. The molecule has 1 unspecified atom stereocenters. The van der Waals surface area contributed by atoms with Crippen molar-refractivity contribution in [1.82, 2.24) is 15.2 Å². The average Bonchev–Trinajstić information content (AvgIpc) is 2.90. The third kappa shape index (κ3) is 3.36. The van der Waals surface area contributed by atoms with Crippen molar-refractivity contribution in [3.05, 3.63) is 41.4 Å². The standard InChI is InChI=1S/C14H16ClN3O2/c1-14(2,3)12(19)11(13-16-8-17-18-13)20-10-6-4-9(15)5-7-10/h4-8,11H,1-3H3,(H,16,17,18). The summed E-state index contributed by atoms with van der Waals surface area (Å²) in [6.07, 6.45) is 0.530. The van der Waals surface area contributed by atoms with Gasteiger partial charge in [0.05, 0.1) is 0 Å². The number of ketones is 1. The zero-order valence-electron chi connectivity index (χ0n) is 11.6. The lowest BCUT2D eigenvalue weighted by Gasteiger charge is -2.23. The van der Waals surface area contributed by atoms with E-state index in [9.17, 15) is 4.79 Å². The maximum Gasteiger partial charge on any atom is 0.216 e. The number of carbonyl (C=O) groups excluding carboxylic acids is 1. The van der Waals surface area contributed by atoms with E-state index in [0.29, 0.717) is 16.6 Å². The maximum atomic E-state index is 12.5. The van der Waals surface area contributed by atoms with E-state index in [0.717, 1.165) is 0 Å². The lowest BCUT2D eigenvalue weighted by atomic mass is 9.87. The summed E-state index contributed by atoms with van der Waals surface area (Å²) in [6, 6.07) is 6.83. The average molecular weight is 294 g/mol. The summed E-state index contributed by atoms with van der Waals surface area (Å²) in [6.45, 7) is 5.51. The van der Waals surface area contributed by atoms with Gasteiger partial charge in [0, 0.05) is 10.4 Å². The number of halogens is 1. The quantitative estimate of drug-likeness (QED) is 0.940. The molecule has 1 heterocycles. The monoisotopic (exact) mass is 293 g/mol. The second-order valence-corrected chi connectivity index (χ2v) is 5.87. The van der Waals surface area contributed by atoms with Crippen LogP contribution in [0.4, 0.5) is 0 Å². The van der Waals surface area contributed by atoms with Gasteiger partial charge in [0.25, 0.3) is 0 Å². The van der Waals surface area contributed by atoms with Crippen LogP contribution in [0.1, 0.15) is 32.7 Å². The molecule has 5 nitrogen and oxygen atoms in total. The smallest absolute Gasteiger partial charge is 0.216 e. The molecule has 1 aromatic carbocycles. The van der Waals surface area contributed by atoms with Crippen molar-refractivity contribution < 1.29 is 9.53 Å². The lowest BCUT2D eigenvalue weighted by molar-refractivity contribution is -0.134. The molecular formula is C14H16ClN3O2. The van der Waals surface area contributed by atoms with E-state index in [1.807, 2.05) is 20.8 Å². The van der Waals surface area contributed by atoms with Crippen LogP contribution in [0.25, 0.3) is 0 Å². The summed E-state index contributed by atoms with van der Waals surface area (Å²) in [7, 11) is 0. The van der Waals surface area contributed by atoms with E-state index < -0.39 is 11.5 Å². The highest BCUT2D eigenvalue weighted by molar-refractivity contribution is 6.30. The number of ether oxygens (including phenoxy) is 1. The molecule has 1 atom stereocenters. The third-order valence-electron chi connectivity index (χ3n) is 2.73. The Morgan fingerprint density at radius 3 is 2.45 bits per heavy atom. The summed E-state index contributed by atoms with van der Waals surface area (Å²) >= 11 is 5.83. The number of aromatic amines is 1. The predicted octanol–water partition coefficient (Wildman–Crippen LogP) is 3.19. The molecule has 0 aliphatic rings. The molecule has 6 heteroatoms. The minimum absolute atomic E-state index is 0.0794. The molecule has 106 valence electrons. The van der Waals surface area contributed by atoms with E-state index in [2.05, 4.69) is 15.2 Å². The van der Waals surface area contributed by atoms with Crippen LogP contribution in [0, 0.1) is 5.41 Å². The first-order chi connectivity index (χ1) is 9.38. The molecule has 1 aromatic heterocycles. The first-order valence-electron chi connectivity index (χ1n) is 6.20. The number of hydrogen-bond donors (Lipinski definition) is 1. The third-order valence-corrected chi connectivity index (χ3v) is 2.98. The number of Topliss-reactive ketones (excluding diaryl/α,β-unsaturated/α-hetero) is 1. The number of nitrogens with one attached hydrogen (secondary N) is 1. The van der Waals surface area contributed by atoms with Gasteiger partial charge in [-0.15, -0.1) is 0 Å². The van der Waals surface area contributed by atoms with Gasteiger partial charge >= 0.3 is 0 Å². The minimum atomic E-state index is -0.821. The maximum absolute atomic E-state index is 12.5. The van der Waals surface area contributed by atoms with Crippen LogP contribution >= 0.6 is 11.6 Å². The normalized spacial score (nSPS) is 13.0. The minimum Gasteiger partial charge on any atom is -0.475 e. The summed E-state index contributed by atoms with van der Waals surface area (Å²) < 4.78 is 5.76. The van der Waals surface area contributed by atoms with Gasteiger partial charge in [-0.3, -0.25) is 9.89 Å². The highest BCUT2D eigenvalue weighted by atomic mass is 35.5. The molecule has 0 spiro atoms. The van der Waals surface area contributed by atoms with E-state index in [1.54, 1.807) is 24.3 Å². The molecule has 2 aromatic rings. The van der Waals surface area contributed by atoms with Gasteiger partial charge in [-0.05, 0) is 24.3 Å². The van der Waals surface area contributed by atoms with Gasteiger partial charge in [0.1, 0.15) is 12.1 Å². The van der Waals surface area contributed by atoms with Crippen LogP contribution in [0.3, 0.4) is 0 Å². The molecule has 0 aliphatic carbocycles. The van der Waals surface area contributed by atoms with E-state index in [4.69, 9.17) is 16.3 Å². The highest BCUT2D eigenvalue weighted by Crippen LogP contribution is 2.28. The molecule has 0 saturated heterocycles. The number of hydrogen-bond acceptors (Lipinski definition) is 4. The molecule has 2 rings (SSSR count). The highest BCUT2D eigenvalue weighted by Gasteiger charge is 2.34. The zero-order valence-corrected chi connectivity index (χ0v) is 12.3. The van der Waals surface area contributed by atoms with Crippen LogP contribution in [-0.2, 0) is 4.79 Å². The van der Waals surface area contributed by atoms with Gasteiger partial charge in [-0.25, -0.2) is 4.98 Å². The number of benzene rings is 1. The topological polar surface area (TPSA) is 67.9 Å². The largest absolute Gasteiger partial charge is 0.475 e. The molecule has 0 bridgehead atoms. The Labute approximate surface area is 122 Å². The summed E-state index contributed by atoms with van der Waals surface area (Å²) in [4.78, 5) is 16.5. The van der Waals surface area contributed by atoms with Crippen molar-refractivity contribution in [3.8, 4) is 5.75 Å². The van der Waals surface area contributed by atoms with Gasteiger partial charge in [0.15, 0.2) is 11.6 Å². The number of nitrogens with zero attached hydrogens (tertiary/aromatic N) is 2. The van der Waals surface area contributed by atoms with Crippen molar-refractivity contribution in [1.29, 1.82) is 0 Å². The Hall–Kier alpha value is -1.88. The fourth-order valence-electron chi connectivity index (χ4n) is 1.62. The van der Waals surface area contributed by atoms with Crippen molar-refractivity contribution in [2.75, 3.05) is 0 Å². The number of aromatic nitrogens is 3. The summed E-state index contributed by atoms with van der Waals surface area (Å²) in [5, 5.41) is 7.07. The van der Waals surface area contributed by atoms with Crippen LogP contribution in [0.2, 0.25) is 5.02 Å². The molecule has 0 aliphatic heterocycles. The lowest BCUT2D eigenvalue weighted by Crippen LogP contribution is -2.31. The first-order valence-corrected chi connectivity index (χ1v) is 6.57. The predicted molar refractivity (Wildman–Crippen MR) is 75.7 cm³/mol. The fourth-order valence-corrected chi connectivity index (χ4v) is 1.74. The molecular weight excluding hydrogens is 278 g/mol. The number of H-pyrrole nitrogens is 1. The van der Waals surface area contributed by atoms with Crippen LogP contribution < -0.4 is 4.74 Å². The molecule has 20 heavy (non-hydrogen) atoms. The van der Waals surface area contributed by atoms with Crippen molar-refractivity contribution >= 4 is 17.4 Å². The van der Waals surface area contributed by atoms with Crippen LogP contribution in [0.5, 0.6) is 5.75 Å². The second-order valence-electron chi connectivity index (χ2n) is 5.44. The second kappa shape index (κ2) is 5.63. The Bertz CT molecular complexity index is 573.